The predicted octanol–water partition coefficient (Wildman–Crippen LogP) is 1.39. The smallest absolute Gasteiger partial charge is 0.221 e. The topological polar surface area (TPSA) is 29.1 Å². The van der Waals surface area contributed by atoms with Crippen molar-refractivity contribution in [1.29, 1.82) is 0 Å². The number of amides is 1. The molecule has 0 atom stereocenters. The summed E-state index contributed by atoms with van der Waals surface area (Å²) in [4.78, 5) is 10.8. The second-order valence-electron chi connectivity index (χ2n) is 2.56. The molecule has 0 saturated heterocycles. The van der Waals surface area contributed by atoms with Crippen LogP contribution in [0.2, 0.25) is 0 Å². The number of hydrogen-bond donors (Lipinski definition) is 2. The summed E-state index contributed by atoms with van der Waals surface area (Å²) in [6.45, 7) is 4.64. The molecule has 3 heteroatoms. The van der Waals surface area contributed by atoms with Gasteiger partial charge in [0, 0.05) is 13.0 Å². The van der Waals surface area contributed by atoms with E-state index in [1.54, 1.807) is 0 Å². The van der Waals surface area contributed by atoms with E-state index >= 15 is 0 Å². The zero-order valence-corrected chi connectivity index (χ0v) is 7.95. The summed E-state index contributed by atoms with van der Waals surface area (Å²) >= 11 is 3.95. The number of rotatable bonds is 4. The van der Waals surface area contributed by atoms with Crippen molar-refractivity contribution < 1.29 is 4.79 Å². The van der Waals surface area contributed by atoms with Gasteiger partial charge in [-0.3, -0.25) is 4.79 Å². The molecular formula is C8H15NOS. The van der Waals surface area contributed by atoms with Crippen LogP contribution in [-0.4, -0.2) is 18.2 Å². The van der Waals surface area contributed by atoms with E-state index in [0.29, 0.717) is 18.7 Å². The second-order valence-corrected chi connectivity index (χ2v) is 3.01. The number of allylic oxidation sites excluding steroid dienone is 1. The van der Waals surface area contributed by atoms with Gasteiger partial charge in [0.2, 0.25) is 5.91 Å². The summed E-state index contributed by atoms with van der Waals surface area (Å²) in [5.74, 6) is 0.679. The average molecular weight is 173 g/mol. The third kappa shape index (κ3) is 7.46. The Morgan fingerprint density at radius 3 is 2.64 bits per heavy atom. The highest BCUT2D eigenvalue weighted by atomic mass is 32.1. The van der Waals surface area contributed by atoms with E-state index in [2.05, 4.69) is 17.9 Å². The monoisotopic (exact) mass is 173 g/mol. The van der Waals surface area contributed by atoms with E-state index in [-0.39, 0.29) is 5.91 Å². The molecule has 0 fully saturated rings. The van der Waals surface area contributed by atoms with Crippen LogP contribution in [0.4, 0.5) is 0 Å². The lowest BCUT2D eigenvalue weighted by atomic mass is 10.3. The highest BCUT2D eigenvalue weighted by Gasteiger charge is 1.94. The molecule has 2 nitrogen and oxygen atoms in total. The quantitative estimate of drug-likeness (QED) is 0.488. The molecule has 0 unspecified atom stereocenters. The Morgan fingerprint density at radius 2 is 2.18 bits per heavy atom. The molecule has 0 radical (unpaired) electrons. The third-order valence-corrected chi connectivity index (χ3v) is 1.37. The Kier molecular flexibility index (Phi) is 6.03. The molecule has 0 bridgehead atoms. The molecule has 0 aromatic carbocycles. The van der Waals surface area contributed by atoms with Gasteiger partial charge in [0.15, 0.2) is 0 Å². The fraction of sp³-hybridized carbons (Fsp3) is 0.625. The van der Waals surface area contributed by atoms with E-state index in [1.807, 2.05) is 19.9 Å². The first-order chi connectivity index (χ1) is 5.16. The van der Waals surface area contributed by atoms with Crippen molar-refractivity contribution in [1.82, 2.24) is 5.32 Å². The van der Waals surface area contributed by atoms with E-state index < -0.39 is 0 Å². The van der Waals surface area contributed by atoms with E-state index in [4.69, 9.17) is 0 Å². The summed E-state index contributed by atoms with van der Waals surface area (Å²) in [5.41, 5.74) is 1.22. The molecule has 0 saturated carbocycles. The largest absolute Gasteiger partial charge is 0.353 e. The highest BCUT2D eigenvalue weighted by Crippen LogP contribution is 1.87. The van der Waals surface area contributed by atoms with Gasteiger partial charge in [-0.1, -0.05) is 11.6 Å². The minimum atomic E-state index is 0.0671. The van der Waals surface area contributed by atoms with Crippen LogP contribution < -0.4 is 5.32 Å². The summed E-state index contributed by atoms with van der Waals surface area (Å²) in [6.07, 6.45) is 2.48. The Balaban J connectivity index is 3.39. The van der Waals surface area contributed by atoms with Gasteiger partial charge in [-0.25, -0.2) is 0 Å². The lowest BCUT2D eigenvalue weighted by Crippen LogP contribution is -2.23. The lowest BCUT2D eigenvalue weighted by Gasteiger charge is -1.99. The molecule has 0 aliphatic carbocycles. The Labute approximate surface area is 73.5 Å². The van der Waals surface area contributed by atoms with Crippen LogP contribution in [-0.2, 0) is 4.79 Å². The number of carbonyl (C=O) groups is 1. The molecule has 1 N–H and O–H groups in total. The van der Waals surface area contributed by atoms with Gasteiger partial charge >= 0.3 is 0 Å². The van der Waals surface area contributed by atoms with E-state index in [1.165, 1.54) is 5.57 Å². The van der Waals surface area contributed by atoms with Crippen LogP contribution >= 0.6 is 12.6 Å². The molecule has 11 heavy (non-hydrogen) atoms. The van der Waals surface area contributed by atoms with Crippen LogP contribution in [0.25, 0.3) is 0 Å². The third-order valence-electron chi connectivity index (χ3n) is 1.15. The normalized spacial score (nSPS) is 9.00. The first-order valence-corrected chi connectivity index (χ1v) is 4.31. The van der Waals surface area contributed by atoms with Gasteiger partial charge in [-0.2, -0.15) is 12.6 Å². The molecule has 0 spiro atoms. The first kappa shape index (κ1) is 10.6. The second kappa shape index (κ2) is 6.28. The van der Waals surface area contributed by atoms with Gasteiger partial charge in [-0.05, 0) is 19.6 Å². The molecule has 0 aliphatic heterocycles. The molecule has 0 aromatic rings. The minimum Gasteiger partial charge on any atom is -0.353 e. The maximum absolute atomic E-state index is 10.8. The Morgan fingerprint density at radius 1 is 1.55 bits per heavy atom. The Bertz CT molecular complexity index is 150. The summed E-state index contributed by atoms with van der Waals surface area (Å²) in [5, 5.41) is 2.75. The summed E-state index contributed by atoms with van der Waals surface area (Å²) in [6, 6.07) is 0. The van der Waals surface area contributed by atoms with Gasteiger partial charge in [0.1, 0.15) is 0 Å². The predicted molar refractivity (Wildman–Crippen MR) is 50.9 cm³/mol. The van der Waals surface area contributed by atoms with Crippen molar-refractivity contribution in [3.05, 3.63) is 11.6 Å². The molecule has 0 aromatic heterocycles. The van der Waals surface area contributed by atoms with Crippen molar-refractivity contribution in [2.75, 3.05) is 12.3 Å². The standard InChI is InChI=1S/C8H15NOS/c1-7(2)3-5-9-8(10)4-6-11/h3,11H,4-6H2,1-2H3,(H,9,10). The van der Waals surface area contributed by atoms with Gasteiger partial charge in [0.05, 0.1) is 0 Å². The number of hydrogen-bond acceptors (Lipinski definition) is 2. The molecular weight excluding hydrogens is 158 g/mol. The van der Waals surface area contributed by atoms with Crippen LogP contribution in [0.1, 0.15) is 20.3 Å². The van der Waals surface area contributed by atoms with Gasteiger partial charge < -0.3 is 5.32 Å². The lowest BCUT2D eigenvalue weighted by molar-refractivity contribution is -0.120. The van der Waals surface area contributed by atoms with Crippen molar-refractivity contribution in [2.45, 2.75) is 20.3 Å². The van der Waals surface area contributed by atoms with Crippen LogP contribution in [0, 0.1) is 0 Å². The fourth-order valence-corrected chi connectivity index (χ4v) is 0.762. The van der Waals surface area contributed by atoms with Gasteiger partial charge in [0.25, 0.3) is 0 Å². The van der Waals surface area contributed by atoms with Crippen LogP contribution in [0.15, 0.2) is 11.6 Å². The van der Waals surface area contributed by atoms with Crippen molar-refractivity contribution in [3.63, 3.8) is 0 Å². The first-order valence-electron chi connectivity index (χ1n) is 3.67. The van der Waals surface area contributed by atoms with Crippen molar-refractivity contribution in [2.24, 2.45) is 0 Å². The van der Waals surface area contributed by atoms with Crippen LogP contribution in [0.3, 0.4) is 0 Å². The SMILES string of the molecule is CC(C)=CCNC(=O)CCS. The summed E-state index contributed by atoms with van der Waals surface area (Å²) in [7, 11) is 0. The molecule has 1 amide bonds. The van der Waals surface area contributed by atoms with E-state index in [0.717, 1.165) is 0 Å². The summed E-state index contributed by atoms with van der Waals surface area (Å²) < 4.78 is 0. The van der Waals surface area contributed by atoms with Crippen molar-refractivity contribution in [3.8, 4) is 0 Å². The molecule has 0 aliphatic rings. The zero-order valence-electron chi connectivity index (χ0n) is 7.05. The highest BCUT2D eigenvalue weighted by molar-refractivity contribution is 7.80. The average Bonchev–Trinajstić information content (AvgIpc) is 1.87. The maximum atomic E-state index is 10.8. The number of nitrogens with one attached hydrogen (secondary N) is 1. The van der Waals surface area contributed by atoms with Crippen molar-refractivity contribution >= 4 is 18.5 Å². The van der Waals surface area contributed by atoms with E-state index in [9.17, 15) is 4.79 Å². The number of thiol groups is 1. The number of carbonyl (C=O) groups excluding carboxylic acids is 1. The molecule has 0 heterocycles. The fourth-order valence-electron chi connectivity index (χ4n) is 0.559. The maximum Gasteiger partial charge on any atom is 0.221 e. The van der Waals surface area contributed by atoms with Crippen LogP contribution in [0.5, 0.6) is 0 Å². The molecule has 0 rings (SSSR count). The molecule has 64 valence electrons. The van der Waals surface area contributed by atoms with Gasteiger partial charge in [-0.15, -0.1) is 0 Å². The zero-order chi connectivity index (χ0) is 8.69. The Hall–Kier alpha value is -0.440. The minimum absolute atomic E-state index is 0.0671.